The van der Waals surface area contributed by atoms with E-state index in [-0.39, 0.29) is 11.2 Å². The van der Waals surface area contributed by atoms with Gasteiger partial charge in [0.2, 0.25) is 5.91 Å². The Balaban J connectivity index is 2.39. The maximum Gasteiger partial charge on any atom is 0.224 e. The van der Waals surface area contributed by atoms with Crippen molar-refractivity contribution in [3.63, 3.8) is 0 Å². The number of thiocarbonyl (C=S) groups is 1. The molecule has 0 aliphatic heterocycles. The highest BCUT2D eigenvalue weighted by Gasteiger charge is 2.08. The molecule has 0 spiro atoms. The van der Waals surface area contributed by atoms with Crippen molar-refractivity contribution in [3.8, 4) is 0 Å². The first kappa shape index (κ1) is 16.8. The molecule has 0 bridgehead atoms. The quantitative estimate of drug-likeness (QED) is 0.741. The molecule has 1 aromatic rings. The van der Waals surface area contributed by atoms with E-state index >= 15 is 0 Å². The second kappa shape index (κ2) is 8.11. The van der Waals surface area contributed by atoms with Crippen LogP contribution in [-0.2, 0) is 22.0 Å². The highest BCUT2D eigenvalue weighted by Crippen LogP contribution is 2.05. The van der Waals surface area contributed by atoms with Crippen LogP contribution in [0, 0.1) is 0 Å². The van der Waals surface area contributed by atoms with Gasteiger partial charge in [-0.15, -0.1) is 0 Å². The van der Waals surface area contributed by atoms with E-state index < -0.39 is 10.8 Å². The topological polar surface area (TPSA) is 72.2 Å². The van der Waals surface area contributed by atoms with Crippen LogP contribution in [0.15, 0.2) is 24.3 Å². The summed E-state index contributed by atoms with van der Waals surface area (Å²) in [6.07, 6.45) is 2.71. The zero-order valence-electron chi connectivity index (χ0n) is 11.7. The molecule has 2 unspecified atom stereocenters. The predicted octanol–water partition coefficient (Wildman–Crippen LogP) is 1.14. The van der Waals surface area contributed by atoms with Gasteiger partial charge in [0.1, 0.15) is 4.99 Å². The highest BCUT2D eigenvalue weighted by molar-refractivity contribution is 7.84. The molecular formula is C14H20N2O2S2. The molecule has 110 valence electrons. The third-order valence-corrected chi connectivity index (χ3v) is 4.65. The van der Waals surface area contributed by atoms with E-state index in [0.29, 0.717) is 18.0 Å². The van der Waals surface area contributed by atoms with Gasteiger partial charge in [0, 0.05) is 34.4 Å². The van der Waals surface area contributed by atoms with Gasteiger partial charge in [-0.2, -0.15) is 0 Å². The fraction of sp³-hybridized carbons (Fsp3) is 0.429. The van der Waals surface area contributed by atoms with Crippen LogP contribution in [0.25, 0.3) is 0 Å². The molecule has 0 fully saturated rings. The standard InChI is InChI=1S/C14H20N2O2S2/c1-10(20(2)18)7-8-16-13(17)9-11-3-5-12(6-4-11)14(15)19/h3-6,10H,7-9H2,1-2H3,(H2,15,19)(H,16,17). The SMILES string of the molecule is CC(CCNC(=O)Cc1ccc(C(N)=S)cc1)S(C)=O. The molecule has 0 saturated heterocycles. The predicted molar refractivity (Wildman–Crippen MR) is 87.2 cm³/mol. The lowest BCUT2D eigenvalue weighted by molar-refractivity contribution is -0.120. The first-order valence-corrected chi connectivity index (χ1v) is 8.40. The van der Waals surface area contributed by atoms with E-state index in [1.807, 2.05) is 31.2 Å². The van der Waals surface area contributed by atoms with Crippen LogP contribution in [-0.4, -0.2) is 33.2 Å². The van der Waals surface area contributed by atoms with Crippen molar-refractivity contribution in [1.29, 1.82) is 0 Å². The average molecular weight is 312 g/mol. The van der Waals surface area contributed by atoms with E-state index in [1.165, 1.54) is 0 Å². The van der Waals surface area contributed by atoms with Crippen molar-refractivity contribution in [3.05, 3.63) is 35.4 Å². The van der Waals surface area contributed by atoms with Gasteiger partial charge < -0.3 is 11.1 Å². The molecule has 0 radical (unpaired) electrons. The second-order valence-electron chi connectivity index (χ2n) is 4.69. The van der Waals surface area contributed by atoms with E-state index in [1.54, 1.807) is 6.26 Å². The Morgan fingerprint density at radius 2 is 2.00 bits per heavy atom. The van der Waals surface area contributed by atoms with Crippen molar-refractivity contribution < 1.29 is 9.00 Å². The summed E-state index contributed by atoms with van der Waals surface area (Å²) in [6, 6.07) is 7.32. The average Bonchev–Trinajstić information content (AvgIpc) is 2.39. The van der Waals surface area contributed by atoms with Crippen LogP contribution in [0.5, 0.6) is 0 Å². The lowest BCUT2D eigenvalue weighted by atomic mass is 10.1. The largest absolute Gasteiger partial charge is 0.389 e. The van der Waals surface area contributed by atoms with Crippen LogP contribution in [0.3, 0.4) is 0 Å². The smallest absolute Gasteiger partial charge is 0.224 e. The zero-order chi connectivity index (χ0) is 15.1. The fourth-order valence-corrected chi connectivity index (χ4v) is 2.20. The Bertz CT molecular complexity index is 500. The lowest BCUT2D eigenvalue weighted by Gasteiger charge is -2.09. The van der Waals surface area contributed by atoms with Crippen LogP contribution < -0.4 is 11.1 Å². The summed E-state index contributed by atoms with van der Waals surface area (Å²) in [7, 11) is -0.845. The summed E-state index contributed by atoms with van der Waals surface area (Å²) < 4.78 is 11.2. The Hall–Kier alpha value is -1.27. The molecule has 20 heavy (non-hydrogen) atoms. The molecule has 0 aliphatic carbocycles. The third-order valence-electron chi connectivity index (χ3n) is 3.04. The monoisotopic (exact) mass is 312 g/mol. The van der Waals surface area contributed by atoms with E-state index in [9.17, 15) is 9.00 Å². The van der Waals surface area contributed by atoms with Gasteiger partial charge in [-0.25, -0.2) is 0 Å². The van der Waals surface area contributed by atoms with Crippen LogP contribution in [0.2, 0.25) is 0 Å². The van der Waals surface area contributed by atoms with E-state index in [4.69, 9.17) is 18.0 Å². The number of benzene rings is 1. The number of nitrogens with one attached hydrogen (secondary N) is 1. The van der Waals surface area contributed by atoms with Crippen LogP contribution in [0.4, 0.5) is 0 Å². The second-order valence-corrected chi connectivity index (χ2v) is 6.93. The number of carbonyl (C=O) groups excluding carboxylic acids is 1. The lowest BCUT2D eigenvalue weighted by Crippen LogP contribution is -2.28. The van der Waals surface area contributed by atoms with Crippen molar-refractivity contribution >= 4 is 33.9 Å². The summed E-state index contributed by atoms with van der Waals surface area (Å²) in [6.45, 7) is 2.46. The Morgan fingerprint density at radius 1 is 1.40 bits per heavy atom. The first-order chi connectivity index (χ1) is 9.40. The summed E-state index contributed by atoms with van der Waals surface area (Å²) >= 11 is 4.87. The molecule has 0 saturated carbocycles. The Kier molecular flexibility index (Phi) is 6.81. The number of hydrogen-bond acceptors (Lipinski definition) is 3. The summed E-state index contributed by atoms with van der Waals surface area (Å²) in [5.74, 6) is -0.0397. The summed E-state index contributed by atoms with van der Waals surface area (Å²) in [4.78, 5) is 12.1. The van der Waals surface area contributed by atoms with Crippen LogP contribution in [0.1, 0.15) is 24.5 Å². The number of rotatable bonds is 7. The summed E-state index contributed by atoms with van der Waals surface area (Å²) in [5.41, 5.74) is 7.22. The zero-order valence-corrected chi connectivity index (χ0v) is 13.4. The molecule has 0 aliphatic rings. The molecular weight excluding hydrogens is 292 g/mol. The Labute approximate surface area is 127 Å². The van der Waals surface area contributed by atoms with Gasteiger partial charge in [-0.1, -0.05) is 43.4 Å². The number of amides is 1. The number of hydrogen-bond donors (Lipinski definition) is 2. The highest BCUT2D eigenvalue weighted by atomic mass is 32.2. The number of carbonyl (C=O) groups is 1. The first-order valence-electron chi connectivity index (χ1n) is 6.38. The number of nitrogens with two attached hydrogens (primary N) is 1. The molecule has 1 amide bonds. The van der Waals surface area contributed by atoms with Gasteiger partial charge in [-0.05, 0) is 12.0 Å². The fourth-order valence-electron chi connectivity index (χ4n) is 1.62. The van der Waals surface area contributed by atoms with Gasteiger partial charge in [0.15, 0.2) is 0 Å². The van der Waals surface area contributed by atoms with Crippen molar-refractivity contribution in [2.45, 2.75) is 25.0 Å². The van der Waals surface area contributed by atoms with Gasteiger partial charge >= 0.3 is 0 Å². The van der Waals surface area contributed by atoms with Crippen molar-refractivity contribution in [1.82, 2.24) is 5.32 Å². The molecule has 2 atom stereocenters. The molecule has 0 aromatic heterocycles. The molecule has 4 nitrogen and oxygen atoms in total. The minimum atomic E-state index is -0.845. The normalized spacial score (nSPS) is 13.5. The van der Waals surface area contributed by atoms with Crippen molar-refractivity contribution in [2.24, 2.45) is 5.73 Å². The maximum atomic E-state index is 11.7. The van der Waals surface area contributed by atoms with Gasteiger partial charge in [-0.3, -0.25) is 9.00 Å². The molecule has 3 N–H and O–H groups in total. The molecule has 1 rings (SSSR count). The molecule has 1 aromatic carbocycles. The molecule has 0 heterocycles. The van der Waals surface area contributed by atoms with Crippen LogP contribution >= 0.6 is 12.2 Å². The minimum Gasteiger partial charge on any atom is -0.389 e. The minimum absolute atomic E-state index is 0.0397. The van der Waals surface area contributed by atoms with Gasteiger partial charge in [0.05, 0.1) is 6.42 Å². The maximum absolute atomic E-state index is 11.7. The Morgan fingerprint density at radius 3 is 2.50 bits per heavy atom. The molecule has 6 heteroatoms. The van der Waals surface area contributed by atoms with Gasteiger partial charge in [0.25, 0.3) is 0 Å². The van der Waals surface area contributed by atoms with E-state index in [2.05, 4.69) is 5.32 Å². The third kappa shape index (κ3) is 5.79. The van der Waals surface area contributed by atoms with Crippen molar-refractivity contribution in [2.75, 3.05) is 12.8 Å². The van der Waals surface area contributed by atoms with E-state index in [0.717, 1.165) is 17.5 Å². The summed E-state index contributed by atoms with van der Waals surface area (Å²) in [5, 5.41) is 2.93.